The summed E-state index contributed by atoms with van der Waals surface area (Å²) in [6.07, 6.45) is 2.34. The molecule has 0 aliphatic carbocycles. The van der Waals surface area contributed by atoms with Gasteiger partial charge in [-0.3, -0.25) is 4.90 Å². The molecule has 0 bridgehead atoms. The fourth-order valence-electron chi connectivity index (χ4n) is 4.44. The fraction of sp³-hybridized carbons (Fsp3) is 0.269. The van der Waals surface area contributed by atoms with E-state index in [9.17, 15) is 14.3 Å². The molecule has 5 nitrogen and oxygen atoms in total. The average Bonchev–Trinajstić information content (AvgIpc) is 3.05. The summed E-state index contributed by atoms with van der Waals surface area (Å²) in [7, 11) is 3.36. The molecule has 0 unspecified atom stereocenters. The average molecular weight is 435 g/mol. The van der Waals surface area contributed by atoms with E-state index >= 15 is 0 Å². The van der Waals surface area contributed by atoms with Crippen LogP contribution in [-0.2, 0) is 6.42 Å². The van der Waals surface area contributed by atoms with E-state index in [1.165, 1.54) is 12.1 Å². The third-order valence-electron chi connectivity index (χ3n) is 6.12. The van der Waals surface area contributed by atoms with Crippen LogP contribution in [0.4, 0.5) is 14.9 Å². The van der Waals surface area contributed by atoms with Gasteiger partial charge in [-0.05, 0) is 61.2 Å². The zero-order valence-electron chi connectivity index (χ0n) is 18.2. The zero-order chi connectivity index (χ0) is 22.7. The van der Waals surface area contributed by atoms with Gasteiger partial charge in [-0.2, -0.15) is 0 Å². The van der Waals surface area contributed by atoms with Gasteiger partial charge in [-0.15, -0.1) is 0 Å². The standard InChI is InChI=1S/C26H27FN2O3/c1-28-23(10-6-7-18-11-13-19(27)14-12-18)25(22-16-15-21(32-2)17-24(22)30)29(26(28)31)20-8-4-3-5-9-20/h3-5,8-9,11-17,23,25,30H,6-7,10H2,1-2H3/t23-,25+/m0/s1. The normalized spacial score (nSPS) is 18.3. The first-order chi connectivity index (χ1) is 15.5. The maximum atomic E-state index is 13.3. The van der Waals surface area contributed by atoms with Crippen molar-refractivity contribution < 1.29 is 19.0 Å². The molecule has 1 fully saturated rings. The summed E-state index contributed by atoms with van der Waals surface area (Å²) in [5.41, 5.74) is 2.52. The van der Waals surface area contributed by atoms with Gasteiger partial charge >= 0.3 is 6.03 Å². The molecule has 0 aromatic heterocycles. The topological polar surface area (TPSA) is 53.0 Å². The predicted octanol–water partition coefficient (Wildman–Crippen LogP) is 5.54. The minimum atomic E-state index is -0.353. The fourth-order valence-corrected chi connectivity index (χ4v) is 4.44. The molecule has 2 amide bonds. The summed E-state index contributed by atoms with van der Waals surface area (Å²) >= 11 is 0. The lowest BCUT2D eigenvalue weighted by molar-refractivity contribution is 0.214. The summed E-state index contributed by atoms with van der Waals surface area (Å²) in [5.74, 6) is 0.411. The number of likely N-dealkylation sites (N-methyl/N-ethyl adjacent to an activating group) is 1. The summed E-state index contributed by atoms with van der Waals surface area (Å²) in [4.78, 5) is 16.8. The smallest absolute Gasteiger partial charge is 0.325 e. The number of methoxy groups -OCH3 is 1. The number of para-hydroxylation sites is 1. The molecule has 4 rings (SSSR count). The Balaban J connectivity index is 1.65. The Morgan fingerprint density at radius 2 is 1.75 bits per heavy atom. The van der Waals surface area contributed by atoms with E-state index in [4.69, 9.17) is 4.74 Å². The Bertz CT molecular complexity index is 1070. The van der Waals surface area contributed by atoms with Gasteiger partial charge < -0.3 is 14.7 Å². The van der Waals surface area contributed by atoms with Crippen LogP contribution < -0.4 is 9.64 Å². The number of carbonyl (C=O) groups excluding carboxylic acids is 1. The predicted molar refractivity (Wildman–Crippen MR) is 123 cm³/mol. The van der Waals surface area contributed by atoms with Crippen LogP contribution in [-0.4, -0.2) is 36.2 Å². The Morgan fingerprint density at radius 3 is 2.41 bits per heavy atom. The molecule has 166 valence electrons. The highest BCUT2D eigenvalue weighted by Crippen LogP contribution is 2.43. The van der Waals surface area contributed by atoms with Crippen LogP contribution in [0, 0.1) is 5.82 Å². The van der Waals surface area contributed by atoms with E-state index in [1.54, 1.807) is 48.2 Å². The molecule has 1 aliphatic rings. The van der Waals surface area contributed by atoms with E-state index in [0.29, 0.717) is 11.3 Å². The van der Waals surface area contributed by atoms with Crippen LogP contribution in [0.1, 0.15) is 30.0 Å². The molecule has 3 aromatic rings. The summed E-state index contributed by atoms with van der Waals surface area (Å²) < 4.78 is 18.4. The van der Waals surface area contributed by atoms with Crippen molar-refractivity contribution in [2.75, 3.05) is 19.1 Å². The number of aromatic hydroxyl groups is 1. The molecule has 2 atom stereocenters. The number of ether oxygens (including phenoxy) is 1. The number of phenolic OH excluding ortho intramolecular Hbond substituents is 1. The lowest BCUT2D eigenvalue weighted by atomic mass is 9.93. The quantitative estimate of drug-likeness (QED) is 0.531. The minimum absolute atomic E-state index is 0.0990. The monoisotopic (exact) mass is 434 g/mol. The van der Waals surface area contributed by atoms with Crippen LogP contribution >= 0.6 is 0 Å². The SMILES string of the molecule is COc1ccc([C@@H]2[C@H](CCCc3ccc(F)cc3)N(C)C(=O)N2c2ccccc2)c(O)c1. The van der Waals surface area contributed by atoms with E-state index < -0.39 is 0 Å². The molecule has 0 radical (unpaired) electrons. The molecule has 1 aliphatic heterocycles. The van der Waals surface area contributed by atoms with Crippen molar-refractivity contribution in [3.05, 3.63) is 89.7 Å². The molecule has 32 heavy (non-hydrogen) atoms. The Hall–Kier alpha value is -3.54. The molecular formula is C26H27FN2O3. The second-order valence-electron chi connectivity index (χ2n) is 8.05. The molecule has 1 N–H and O–H groups in total. The van der Waals surface area contributed by atoms with Crippen molar-refractivity contribution in [2.24, 2.45) is 0 Å². The first kappa shape index (κ1) is 21.7. The molecule has 0 spiro atoms. The summed E-state index contributed by atoms with van der Waals surface area (Å²) in [6, 6.07) is 20.6. The van der Waals surface area contributed by atoms with Crippen LogP contribution in [0.2, 0.25) is 0 Å². The first-order valence-corrected chi connectivity index (χ1v) is 10.7. The zero-order valence-corrected chi connectivity index (χ0v) is 18.2. The van der Waals surface area contributed by atoms with E-state index in [2.05, 4.69) is 0 Å². The number of benzene rings is 3. The molecule has 0 saturated carbocycles. The van der Waals surface area contributed by atoms with Gasteiger partial charge in [0.2, 0.25) is 0 Å². The number of nitrogens with zero attached hydrogens (tertiary/aromatic N) is 2. The van der Waals surface area contributed by atoms with Crippen molar-refractivity contribution in [1.82, 2.24) is 4.90 Å². The summed E-state index contributed by atoms with van der Waals surface area (Å²) in [6.45, 7) is 0. The van der Waals surface area contributed by atoms with Gasteiger partial charge in [-0.1, -0.05) is 30.3 Å². The molecular weight excluding hydrogens is 407 g/mol. The third-order valence-corrected chi connectivity index (χ3v) is 6.12. The Labute approximate surface area is 187 Å². The highest BCUT2D eigenvalue weighted by Gasteiger charge is 2.46. The van der Waals surface area contributed by atoms with Gasteiger partial charge in [0.15, 0.2) is 0 Å². The Kier molecular flexibility index (Phi) is 6.30. The second kappa shape index (κ2) is 9.30. The number of rotatable bonds is 7. The van der Waals surface area contributed by atoms with Crippen molar-refractivity contribution >= 4 is 11.7 Å². The number of hydrogen-bond donors (Lipinski definition) is 1. The van der Waals surface area contributed by atoms with Crippen molar-refractivity contribution in [2.45, 2.75) is 31.3 Å². The van der Waals surface area contributed by atoms with Gasteiger partial charge in [0.1, 0.15) is 17.3 Å². The van der Waals surface area contributed by atoms with Crippen LogP contribution in [0.25, 0.3) is 0 Å². The maximum absolute atomic E-state index is 13.3. The minimum Gasteiger partial charge on any atom is -0.507 e. The summed E-state index contributed by atoms with van der Waals surface area (Å²) in [5, 5.41) is 10.8. The maximum Gasteiger partial charge on any atom is 0.325 e. The van der Waals surface area contributed by atoms with Crippen molar-refractivity contribution in [3.8, 4) is 11.5 Å². The van der Waals surface area contributed by atoms with Crippen LogP contribution in [0.3, 0.4) is 0 Å². The van der Waals surface area contributed by atoms with Gasteiger partial charge in [0.05, 0.1) is 19.2 Å². The lowest BCUT2D eigenvalue weighted by Crippen LogP contribution is -2.31. The number of amides is 2. The largest absolute Gasteiger partial charge is 0.507 e. The van der Waals surface area contributed by atoms with E-state index in [1.807, 2.05) is 36.4 Å². The molecule has 6 heteroatoms. The van der Waals surface area contributed by atoms with Crippen LogP contribution in [0.15, 0.2) is 72.8 Å². The number of carbonyl (C=O) groups is 1. The van der Waals surface area contributed by atoms with Crippen LogP contribution in [0.5, 0.6) is 11.5 Å². The second-order valence-corrected chi connectivity index (χ2v) is 8.05. The van der Waals surface area contributed by atoms with E-state index in [-0.39, 0.29) is 29.7 Å². The van der Waals surface area contributed by atoms with Crippen molar-refractivity contribution in [3.63, 3.8) is 0 Å². The van der Waals surface area contributed by atoms with Gasteiger partial charge in [0.25, 0.3) is 0 Å². The van der Waals surface area contributed by atoms with Crippen molar-refractivity contribution in [1.29, 1.82) is 0 Å². The Morgan fingerprint density at radius 1 is 1.03 bits per heavy atom. The number of aryl methyl sites for hydroxylation is 1. The third kappa shape index (κ3) is 4.26. The molecule has 1 saturated heterocycles. The molecule has 3 aromatic carbocycles. The lowest BCUT2D eigenvalue weighted by Gasteiger charge is -2.28. The van der Waals surface area contributed by atoms with Gasteiger partial charge in [0, 0.05) is 24.4 Å². The highest BCUT2D eigenvalue weighted by molar-refractivity contribution is 5.95. The number of halogens is 1. The number of hydrogen-bond acceptors (Lipinski definition) is 3. The first-order valence-electron chi connectivity index (χ1n) is 10.7. The van der Waals surface area contributed by atoms with E-state index in [0.717, 1.165) is 30.5 Å². The highest BCUT2D eigenvalue weighted by atomic mass is 19.1. The van der Waals surface area contributed by atoms with Gasteiger partial charge in [-0.25, -0.2) is 9.18 Å². The molecule has 1 heterocycles. The number of urea groups is 1. The number of anilines is 1. The number of phenols is 1.